The third kappa shape index (κ3) is 6.26. The van der Waals surface area contributed by atoms with Crippen molar-refractivity contribution in [2.45, 2.75) is 20.0 Å². The first-order valence-electron chi connectivity index (χ1n) is 7.73. The minimum absolute atomic E-state index is 0.132. The van der Waals surface area contributed by atoms with Crippen molar-refractivity contribution in [2.24, 2.45) is 0 Å². The van der Waals surface area contributed by atoms with E-state index in [0.717, 1.165) is 11.4 Å². The van der Waals surface area contributed by atoms with Gasteiger partial charge in [-0.2, -0.15) is 0 Å². The summed E-state index contributed by atoms with van der Waals surface area (Å²) in [5, 5.41) is 7.34. The standard InChI is InChI=1S/C18H21ClN2O2S/c1-13(2)23-15-7-5-6-14(12-15)21-18(24)20-10-11-22-17-9-4-3-8-16(17)19/h3-9,12-13H,10-11H2,1-2H3,(H2,20,21,24). The minimum atomic E-state index is 0.132. The fourth-order valence-corrected chi connectivity index (χ4v) is 2.39. The SMILES string of the molecule is CC(C)Oc1cccc(NC(=S)NCCOc2ccccc2Cl)c1. The van der Waals surface area contributed by atoms with E-state index >= 15 is 0 Å². The predicted octanol–water partition coefficient (Wildman–Crippen LogP) is 4.49. The maximum atomic E-state index is 6.03. The molecule has 128 valence electrons. The number of ether oxygens (including phenoxy) is 2. The summed E-state index contributed by atoms with van der Waals surface area (Å²) in [5.74, 6) is 1.47. The van der Waals surface area contributed by atoms with Crippen LogP contribution in [0.15, 0.2) is 48.5 Å². The summed E-state index contributed by atoms with van der Waals surface area (Å²) in [6, 6.07) is 15.1. The molecule has 0 radical (unpaired) electrons. The molecule has 0 heterocycles. The molecular formula is C18H21ClN2O2S. The van der Waals surface area contributed by atoms with Gasteiger partial charge in [0.05, 0.1) is 17.7 Å². The summed E-state index contributed by atoms with van der Waals surface area (Å²) in [5.41, 5.74) is 0.873. The lowest BCUT2D eigenvalue weighted by Crippen LogP contribution is -2.31. The monoisotopic (exact) mass is 364 g/mol. The van der Waals surface area contributed by atoms with Gasteiger partial charge in [0.1, 0.15) is 18.1 Å². The third-order valence-corrected chi connectivity index (χ3v) is 3.50. The molecule has 2 aromatic carbocycles. The molecule has 4 nitrogen and oxygen atoms in total. The highest BCUT2D eigenvalue weighted by atomic mass is 35.5. The number of hydrogen-bond acceptors (Lipinski definition) is 3. The van der Waals surface area contributed by atoms with Gasteiger partial charge in [-0.15, -0.1) is 0 Å². The Morgan fingerprint density at radius 1 is 1.17 bits per heavy atom. The van der Waals surface area contributed by atoms with Gasteiger partial charge in [0.15, 0.2) is 5.11 Å². The molecule has 0 amide bonds. The Labute approximate surface area is 153 Å². The largest absolute Gasteiger partial charge is 0.491 e. The van der Waals surface area contributed by atoms with Crippen LogP contribution in [0.25, 0.3) is 0 Å². The number of hydrogen-bond donors (Lipinski definition) is 2. The second-order valence-corrected chi connectivity index (χ2v) is 6.17. The highest BCUT2D eigenvalue weighted by Crippen LogP contribution is 2.22. The van der Waals surface area contributed by atoms with E-state index in [9.17, 15) is 0 Å². The molecule has 2 N–H and O–H groups in total. The van der Waals surface area contributed by atoms with Crippen molar-refractivity contribution in [3.05, 3.63) is 53.6 Å². The highest BCUT2D eigenvalue weighted by molar-refractivity contribution is 7.80. The number of rotatable bonds is 7. The Morgan fingerprint density at radius 3 is 2.71 bits per heavy atom. The molecule has 0 aromatic heterocycles. The molecule has 0 bridgehead atoms. The van der Waals surface area contributed by atoms with Crippen molar-refractivity contribution >= 4 is 34.6 Å². The zero-order valence-corrected chi connectivity index (χ0v) is 15.3. The van der Waals surface area contributed by atoms with Gasteiger partial charge in [0.25, 0.3) is 0 Å². The normalized spacial score (nSPS) is 10.3. The highest BCUT2D eigenvalue weighted by Gasteiger charge is 2.02. The van der Waals surface area contributed by atoms with Crippen molar-refractivity contribution in [1.82, 2.24) is 5.32 Å². The van der Waals surface area contributed by atoms with Crippen LogP contribution in [-0.2, 0) is 0 Å². The molecule has 0 saturated carbocycles. The van der Waals surface area contributed by atoms with Crippen molar-refractivity contribution < 1.29 is 9.47 Å². The average Bonchev–Trinajstić information content (AvgIpc) is 2.53. The lowest BCUT2D eigenvalue weighted by Gasteiger charge is -2.14. The molecule has 0 aliphatic rings. The zero-order chi connectivity index (χ0) is 17.4. The van der Waals surface area contributed by atoms with Gasteiger partial charge >= 0.3 is 0 Å². The van der Waals surface area contributed by atoms with Gasteiger partial charge in [-0.25, -0.2) is 0 Å². The van der Waals surface area contributed by atoms with Gasteiger partial charge in [-0.1, -0.05) is 29.8 Å². The summed E-state index contributed by atoms with van der Waals surface area (Å²) in [4.78, 5) is 0. The number of nitrogens with one attached hydrogen (secondary N) is 2. The molecule has 24 heavy (non-hydrogen) atoms. The van der Waals surface area contributed by atoms with Crippen LogP contribution in [0, 0.1) is 0 Å². The van der Waals surface area contributed by atoms with E-state index in [2.05, 4.69) is 10.6 Å². The molecule has 2 rings (SSSR count). The van der Waals surface area contributed by atoms with Crippen LogP contribution in [0.5, 0.6) is 11.5 Å². The summed E-state index contributed by atoms with van der Waals surface area (Å²) < 4.78 is 11.3. The van der Waals surface area contributed by atoms with E-state index in [0.29, 0.717) is 29.0 Å². The quantitative estimate of drug-likeness (QED) is 0.559. The average molecular weight is 365 g/mol. The Balaban J connectivity index is 1.74. The summed E-state index contributed by atoms with van der Waals surface area (Å²) in [6.45, 7) is 5.01. The summed E-state index contributed by atoms with van der Waals surface area (Å²) in [7, 11) is 0. The van der Waals surface area contributed by atoms with E-state index in [4.69, 9.17) is 33.3 Å². The molecular weight excluding hydrogens is 344 g/mol. The minimum Gasteiger partial charge on any atom is -0.491 e. The molecule has 6 heteroatoms. The maximum Gasteiger partial charge on any atom is 0.170 e. The van der Waals surface area contributed by atoms with Gasteiger partial charge in [-0.3, -0.25) is 0 Å². The number of para-hydroxylation sites is 1. The lowest BCUT2D eigenvalue weighted by atomic mass is 10.3. The molecule has 0 fully saturated rings. The van der Waals surface area contributed by atoms with Crippen LogP contribution in [-0.4, -0.2) is 24.4 Å². The van der Waals surface area contributed by atoms with Crippen LogP contribution in [0.1, 0.15) is 13.8 Å². The van der Waals surface area contributed by atoms with Crippen molar-refractivity contribution in [3.8, 4) is 11.5 Å². The van der Waals surface area contributed by atoms with E-state index in [1.807, 2.05) is 56.3 Å². The zero-order valence-electron chi connectivity index (χ0n) is 13.7. The molecule has 0 unspecified atom stereocenters. The van der Waals surface area contributed by atoms with Crippen LogP contribution >= 0.6 is 23.8 Å². The molecule has 0 aliphatic carbocycles. The summed E-state index contributed by atoms with van der Waals surface area (Å²) in [6.07, 6.45) is 0.132. The van der Waals surface area contributed by atoms with Crippen LogP contribution in [0.2, 0.25) is 5.02 Å². The second-order valence-electron chi connectivity index (χ2n) is 5.35. The van der Waals surface area contributed by atoms with Crippen LogP contribution in [0.3, 0.4) is 0 Å². The molecule has 0 atom stereocenters. The first kappa shape index (κ1) is 18.4. The summed E-state index contributed by atoms with van der Waals surface area (Å²) >= 11 is 11.3. The third-order valence-electron chi connectivity index (χ3n) is 2.95. The Hall–Kier alpha value is -1.98. The van der Waals surface area contributed by atoms with Crippen molar-refractivity contribution in [2.75, 3.05) is 18.5 Å². The van der Waals surface area contributed by atoms with Crippen molar-refractivity contribution in [1.29, 1.82) is 0 Å². The number of halogens is 1. The van der Waals surface area contributed by atoms with Crippen molar-refractivity contribution in [3.63, 3.8) is 0 Å². The molecule has 2 aromatic rings. The lowest BCUT2D eigenvalue weighted by molar-refractivity contribution is 0.242. The van der Waals surface area contributed by atoms with Gasteiger partial charge in [-0.05, 0) is 50.3 Å². The molecule has 0 saturated heterocycles. The first-order chi connectivity index (χ1) is 11.5. The van der Waals surface area contributed by atoms with E-state index in [-0.39, 0.29) is 6.10 Å². The maximum absolute atomic E-state index is 6.03. The number of thiocarbonyl (C=S) groups is 1. The first-order valence-corrected chi connectivity index (χ1v) is 8.52. The van der Waals surface area contributed by atoms with Gasteiger partial charge < -0.3 is 20.1 Å². The Bertz CT molecular complexity index is 680. The predicted molar refractivity (Wildman–Crippen MR) is 103 cm³/mol. The van der Waals surface area contributed by atoms with E-state index < -0.39 is 0 Å². The topological polar surface area (TPSA) is 42.5 Å². The van der Waals surface area contributed by atoms with Gasteiger partial charge in [0, 0.05) is 11.8 Å². The smallest absolute Gasteiger partial charge is 0.170 e. The fraction of sp³-hybridized carbons (Fsp3) is 0.278. The van der Waals surface area contributed by atoms with E-state index in [1.165, 1.54) is 0 Å². The fourth-order valence-electron chi connectivity index (χ4n) is 1.98. The number of benzene rings is 2. The van der Waals surface area contributed by atoms with Crippen LogP contribution in [0.4, 0.5) is 5.69 Å². The second kappa shape index (κ2) is 9.35. The number of anilines is 1. The Kier molecular flexibility index (Phi) is 7.15. The van der Waals surface area contributed by atoms with Crippen LogP contribution < -0.4 is 20.1 Å². The van der Waals surface area contributed by atoms with E-state index in [1.54, 1.807) is 6.07 Å². The Morgan fingerprint density at radius 2 is 1.96 bits per heavy atom. The van der Waals surface area contributed by atoms with Gasteiger partial charge in [0.2, 0.25) is 0 Å². The molecule has 0 aliphatic heterocycles. The molecule has 0 spiro atoms.